The molecule has 1 aromatic carbocycles. The number of hydrogen-bond donors (Lipinski definition) is 1. The first-order valence-corrected chi connectivity index (χ1v) is 6.36. The molecule has 1 fully saturated rings. The van der Waals surface area contributed by atoms with Crippen LogP contribution in [0.3, 0.4) is 0 Å². The van der Waals surface area contributed by atoms with Gasteiger partial charge in [0, 0.05) is 16.4 Å². The lowest BCUT2D eigenvalue weighted by Gasteiger charge is -2.42. The van der Waals surface area contributed by atoms with Crippen molar-refractivity contribution in [3.8, 4) is 0 Å². The van der Waals surface area contributed by atoms with Gasteiger partial charge in [-0.25, -0.2) is 0 Å². The second-order valence-corrected chi connectivity index (χ2v) is 6.26. The van der Waals surface area contributed by atoms with Crippen molar-refractivity contribution in [2.45, 2.75) is 26.5 Å². The van der Waals surface area contributed by atoms with Crippen LogP contribution in [0.5, 0.6) is 0 Å². The summed E-state index contributed by atoms with van der Waals surface area (Å²) in [5.74, 6) is 0. The van der Waals surface area contributed by atoms with Gasteiger partial charge in [0.05, 0.1) is 6.61 Å². The third-order valence-corrected chi connectivity index (χ3v) is 3.58. The van der Waals surface area contributed by atoms with Crippen LogP contribution in [0.2, 0.25) is 0 Å². The molecule has 1 unspecified atom stereocenters. The number of hydrogen-bond acceptors (Lipinski definition) is 2. The molecule has 0 aliphatic carbocycles. The highest BCUT2D eigenvalue weighted by atomic mass is 79.9. The van der Waals surface area contributed by atoms with Crippen LogP contribution >= 0.6 is 15.9 Å². The standard InChI is InChI=1S/C13H18BrNO/c1-12(2)8-15-13(3,16-9-12)10-4-6-11(14)7-5-10/h4-7,15H,8-9H2,1-3H3. The van der Waals surface area contributed by atoms with E-state index in [0.717, 1.165) is 17.6 Å². The highest BCUT2D eigenvalue weighted by molar-refractivity contribution is 9.10. The molecule has 1 aliphatic rings. The zero-order valence-corrected chi connectivity index (χ0v) is 11.6. The average molecular weight is 284 g/mol. The predicted octanol–water partition coefficient (Wildman–Crippen LogP) is 3.27. The van der Waals surface area contributed by atoms with E-state index in [2.05, 4.69) is 54.2 Å². The molecule has 1 aromatic rings. The maximum Gasteiger partial charge on any atom is 0.142 e. The van der Waals surface area contributed by atoms with E-state index in [1.54, 1.807) is 0 Å². The summed E-state index contributed by atoms with van der Waals surface area (Å²) in [5.41, 5.74) is 1.04. The van der Waals surface area contributed by atoms with Gasteiger partial charge < -0.3 is 4.74 Å². The van der Waals surface area contributed by atoms with Crippen LogP contribution in [0.1, 0.15) is 26.3 Å². The lowest BCUT2D eigenvalue weighted by molar-refractivity contribution is -0.131. The maximum atomic E-state index is 5.98. The monoisotopic (exact) mass is 283 g/mol. The number of ether oxygens (including phenoxy) is 1. The minimum atomic E-state index is -0.351. The number of nitrogens with one attached hydrogen (secondary N) is 1. The summed E-state index contributed by atoms with van der Waals surface area (Å²) in [6, 6.07) is 8.28. The van der Waals surface area contributed by atoms with E-state index in [1.165, 1.54) is 5.56 Å². The first-order chi connectivity index (χ1) is 7.41. The van der Waals surface area contributed by atoms with Crippen LogP contribution in [0.4, 0.5) is 0 Å². The van der Waals surface area contributed by atoms with Crippen LogP contribution in [0, 0.1) is 5.41 Å². The first kappa shape index (κ1) is 12.1. The third-order valence-electron chi connectivity index (χ3n) is 3.05. The fourth-order valence-electron chi connectivity index (χ4n) is 1.80. The van der Waals surface area contributed by atoms with Gasteiger partial charge in [0.25, 0.3) is 0 Å². The molecule has 0 aromatic heterocycles. The van der Waals surface area contributed by atoms with Crippen molar-refractivity contribution in [2.75, 3.05) is 13.2 Å². The SMILES string of the molecule is CC1(C)CNC(C)(c2ccc(Br)cc2)OC1. The molecule has 16 heavy (non-hydrogen) atoms. The second-order valence-electron chi connectivity index (χ2n) is 5.35. The molecule has 1 heterocycles. The van der Waals surface area contributed by atoms with Gasteiger partial charge in [0.2, 0.25) is 0 Å². The Morgan fingerprint density at radius 3 is 2.31 bits per heavy atom. The fourth-order valence-corrected chi connectivity index (χ4v) is 2.07. The maximum absolute atomic E-state index is 5.98. The minimum Gasteiger partial charge on any atom is -0.356 e. The van der Waals surface area contributed by atoms with Gasteiger partial charge in [-0.3, -0.25) is 5.32 Å². The molecule has 1 N–H and O–H groups in total. The van der Waals surface area contributed by atoms with Gasteiger partial charge in [0.15, 0.2) is 0 Å². The van der Waals surface area contributed by atoms with Gasteiger partial charge in [-0.15, -0.1) is 0 Å². The summed E-state index contributed by atoms with van der Waals surface area (Å²) in [7, 11) is 0. The van der Waals surface area contributed by atoms with Crippen molar-refractivity contribution in [3.05, 3.63) is 34.3 Å². The zero-order chi connectivity index (χ0) is 11.8. The van der Waals surface area contributed by atoms with Gasteiger partial charge >= 0.3 is 0 Å². The van der Waals surface area contributed by atoms with E-state index in [1.807, 2.05) is 12.1 Å². The Hall–Kier alpha value is -0.380. The number of halogens is 1. The Kier molecular flexibility index (Phi) is 3.12. The lowest BCUT2D eigenvalue weighted by atomic mass is 9.90. The Labute approximate surface area is 106 Å². The van der Waals surface area contributed by atoms with Crippen molar-refractivity contribution in [1.29, 1.82) is 0 Å². The van der Waals surface area contributed by atoms with Crippen LogP contribution in [-0.4, -0.2) is 13.2 Å². The molecular formula is C13H18BrNO. The van der Waals surface area contributed by atoms with Crippen molar-refractivity contribution in [2.24, 2.45) is 5.41 Å². The summed E-state index contributed by atoms with van der Waals surface area (Å²) in [6.07, 6.45) is 0. The Morgan fingerprint density at radius 1 is 1.19 bits per heavy atom. The lowest BCUT2D eigenvalue weighted by Crippen LogP contribution is -2.53. The molecule has 2 nitrogen and oxygen atoms in total. The third kappa shape index (κ3) is 2.47. The summed E-state index contributed by atoms with van der Waals surface area (Å²) < 4.78 is 7.07. The molecule has 0 radical (unpaired) electrons. The Balaban J connectivity index is 2.18. The van der Waals surface area contributed by atoms with Crippen LogP contribution in [-0.2, 0) is 10.5 Å². The van der Waals surface area contributed by atoms with E-state index in [0.29, 0.717) is 0 Å². The highest BCUT2D eigenvalue weighted by Crippen LogP contribution is 2.31. The fraction of sp³-hybridized carbons (Fsp3) is 0.538. The van der Waals surface area contributed by atoms with Crippen LogP contribution in [0.25, 0.3) is 0 Å². The molecule has 0 amide bonds. The average Bonchev–Trinajstić information content (AvgIpc) is 2.24. The van der Waals surface area contributed by atoms with Gasteiger partial charge in [0.1, 0.15) is 5.72 Å². The Morgan fingerprint density at radius 2 is 1.81 bits per heavy atom. The summed E-state index contributed by atoms with van der Waals surface area (Å²) in [4.78, 5) is 0. The topological polar surface area (TPSA) is 21.3 Å². The van der Waals surface area contributed by atoms with Gasteiger partial charge in [-0.05, 0) is 24.6 Å². The first-order valence-electron chi connectivity index (χ1n) is 5.56. The largest absolute Gasteiger partial charge is 0.356 e. The molecule has 1 atom stereocenters. The van der Waals surface area contributed by atoms with Gasteiger partial charge in [-0.2, -0.15) is 0 Å². The van der Waals surface area contributed by atoms with E-state index in [-0.39, 0.29) is 11.1 Å². The highest BCUT2D eigenvalue weighted by Gasteiger charge is 2.36. The van der Waals surface area contributed by atoms with Crippen LogP contribution < -0.4 is 5.32 Å². The van der Waals surface area contributed by atoms with E-state index in [4.69, 9.17) is 4.74 Å². The quantitative estimate of drug-likeness (QED) is 0.854. The molecule has 2 rings (SSSR count). The minimum absolute atomic E-state index is 0.217. The van der Waals surface area contributed by atoms with Gasteiger partial charge in [-0.1, -0.05) is 41.9 Å². The van der Waals surface area contributed by atoms with Crippen molar-refractivity contribution < 1.29 is 4.74 Å². The molecule has 3 heteroatoms. The second kappa shape index (κ2) is 4.13. The van der Waals surface area contributed by atoms with Crippen molar-refractivity contribution >= 4 is 15.9 Å². The molecule has 0 spiro atoms. The molecule has 0 bridgehead atoms. The van der Waals surface area contributed by atoms with E-state index < -0.39 is 0 Å². The molecule has 88 valence electrons. The number of rotatable bonds is 1. The van der Waals surface area contributed by atoms with Crippen LogP contribution in [0.15, 0.2) is 28.7 Å². The normalized spacial score (nSPS) is 29.0. The van der Waals surface area contributed by atoms with Crippen molar-refractivity contribution in [3.63, 3.8) is 0 Å². The van der Waals surface area contributed by atoms with Crippen molar-refractivity contribution in [1.82, 2.24) is 5.32 Å². The summed E-state index contributed by atoms with van der Waals surface area (Å²) in [5, 5.41) is 3.48. The summed E-state index contributed by atoms with van der Waals surface area (Å²) in [6.45, 7) is 8.26. The molecule has 1 saturated heterocycles. The molecule has 0 saturated carbocycles. The van der Waals surface area contributed by atoms with E-state index in [9.17, 15) is 0 Å². The zero-order valence-electron chi connectivity index (χ0n) is 10.0. The number of benzene rings is 1. The summed E-state index contributed by atoms with van der Waals surface area (Å²) >= 11 is 3.44. The molecule has 1 aliphatic heterocycles. The predicted molar refractivity (Wildman–Crippen MR) is 69.2 cm³/mol. The smallest absolute Gasteiger partial charge is 0.142 e. The molecular weight excluding hydrogens is 266 g/mol. The Bertz CT molecular complexity index is 362. The van der Waals surface area contributed by atoms with E-state index >= 15 is 0 Å².